The van der Waals surface area contributed by atoms with Crippen LogP contribution in [0.2, 0.25) is 5.02 Å². The number of nitro benzene ring substituents is 1. The van der Waals surface area contributed by atoms with Crippen molar-refractivity contribution in [1.29, 1.82) is 0 Å². The normalized spacial score (nSPS) is 10.2. The molecule has 6 nitrogen and oxygen atoms in total. The van der Waals surface area contributed by atoms with Crippen molar-refractivity contribution in [2.45, 2.75) is 0 Å². The molecule has 108 valence electrons. The van der Waals surface area contributed by atoms with Crippen LogP contribution in [-0.2, 0) is 0 Å². The van der Waals surface area contributed by atoms with Gasteiger partial charge in [0.15, 0.2) is 0 Å². The molecule has 0 aliphatic heterocycles. The van der Waals surface area contributed by atoms with Gasteiger partial charge < -0.3 is 9.84 Å². The fraction of sp³-hybridized carbons (Fsp3) is 0. The number of hydrogen-bond donors (Lipinski definition) is 1. The molecule has 0 bridgehead atoms. The van der Waals surface area contributed by atoms with Crippen LogP contribution in [0.4, 0.5) is 5.69 Å². The van der Waals surface area contributed by atoms with E-state index in [4.69, 9.17) is 21.4 Å². The van der Waals surface area contributed by atoms with Gasteiger partial charge in [-0.1, -0.05) is 27.5 Å². The third-order valence-corrected chi connectivity index (χ3v) is 3.31. The van der Waals surface area contributed by atoms with Crippen LogP contribution in [0.5, 0.6) is 11.5 Å². The van der Waals surface area contributed by atoms with Crippen molar-refractivity contribution in [2.24, 2.45) is 0 Å². The fourth-order valence-corrected chi connectivity index (χ4v) is 2.27. The molecule has 0 saturated heterocycles. The second-order valence-corrected chi connectivity index (χ2v) is 5.24. The molecule has 1 N–H and O–H groups in total. The van der Waals surface area contributed by atoms with Crippen LogP contribution in [0.1, 0.15) is 10.4 Å². The predicted molar refractivity (Wildman–Crippen MR) is 79.3 cm³/mol. The number of carboxylic acid groups (broad SMARTS) is 1. The number of non-ortho nitro benzene ring substituents is 1. The first-order chi connectivity index (χ1) is 9.88. The molecule has 0 atom stereocenters. The molecule has 0 aliphatic carbocycles. The maximum Gasteiger partial charge on any atom is 0.339 e. The van der Waals surface area contributed by atoms with E-state index in [1.807, 2.05) is 0 Å². The van der Waals surface area contributed by atoms with Gasteiger partial charge in [-0.2, -0.15) is 0 Å². The van der Waals surface area contributed by atoms with Crippen LogP contribution in [0.25, 0.3) is 0 Å². The summed E-state index contributed by atoms with van der Waals surface area (Å²) in [5.74, 6) is -1.21. The van der Waals surface area contributed by atoms with E-state index in [1.165, 1.54) is 6.07 Å². The van der Waals surface area contributed by atoms with E-state index < -0.39 is 10.9 Å². The zero-order valence-electron chi connectivity index (χ0n) is 10.2. The Labute approximate surface area is 132 Å². The number of carboxylic acids is 1. The molecule has 0 spiro atoms. The lowest BCUT2D eigenvalue weighted by Crippen LogP contribution is -2.01. The quantitative estimate of drug-likeness (QED) is 0.630. The number of hydrogen-bond acceptors (Lipinski definition) is 4. The highest BCUT2D eigenvalue weighted by Gasteiger charge is 2.18. The molecule has 2 aromatic carbocycles. The summed E-state index contributed by atoms with van der Waals surface area (Å²) in [6.45, 7) is 0. The molecule has 8 heteroatoms. The number of rotatable bonds is 4. The molecular weight excluding hydrogens is 366 g/mol. The predicted octanol–water partition coefficient (Wildman–Crippen LogP) is 4.50. The Hall–Kier alpha value is -2.12. The molecule has 0 unspecified atom stereocenters. The summed E-state index contributed by atoms with van der Waals surface area (Å²) < 4.78 is 6.13. The zero-order chi connectivity index (χ0) is 15.6. The maximum atomic E-state index is 11.1. The van der Waals surface area contributed by atoms with Crippen LogP contribution in [0, 0.1) is 10.1 Å². The molecule has 0 saturated carbocycles. The van der Waals surface area contributed by atoms with E-state index in [9.17, 15) is 14.9 Å². The van der Waals surface area contributed by atoms with Gasteiger partial charge in [-0.05, 0) is 24.3 Å². The third kappa shape index (κ3) is 3.50. The summed E-state index contributed by atoms with van der Waals surface area (Å²) in [5.41, 5.74) is -0.470. The van der Waals surface area contributed by atoms with Gasteiger partial charge in [-0.25, -0.2) is 4.79 Å². The summed E-state index contributed by atoms with van der Waals surface area (Å²) >= 11 is 9.20. The molecule has 0 fully saturated rings. The Kier molecular flexibility index (Phi) is 4.44. The summed E-state index contributed by atoms with van der Waals surface area (Å²) in [4.78, 5) is 21.3. The minimum absolute atomic E-state index is 0.152. The van der Waals surface area contributed by atoms with Crippen LogP contribution >= 0.6 is 27.5 Å². The van der Waals surface area contributed by atoms with Gasteiger partial charge in [0, 0.05) is 10.5 Å². The summed E-state index contributed by atoms with van der Waals surface area (Å²) in [7, 11) is 0. The highest BCUT2D eigenvalue weighted by atomic mass is 79.9. The number of benzene rings is 2. The summed E-state index contributed by atoms with van der Waals surface area (Å²) in [6.07, 6.45) is 0. The SMILES string of the molecule is O=C(O)c1ccc([N+](=O)[O-])cc1Oc1ccc(Br)cc1Cl. The van der Waals surface area contributed by atoms with E-state index in [0.29, 0.717) is 0 Å². The fourth-order valence-electron chi connectivity index (χ4n) is 1.56. The lowest BCUT2D eigenvalue weighted by molar-refractivity contribution is -0.384. The van der Waals surface area contributed by atoms with Gasteiger partial charge in [0.25, 0.3) is 5.69 Å². The van der Waals surface area contributed by atoms with Crippen LogP contribution < -0.4 is 4.74 Å². The Morgan fingerprint density at radius 2 is 1.95 bits per heavy atom. The smallest absolute Gasteiger partial charge is 0.339 e. The van der Waals surface area contributed by atoms with Gasteiger partial charge in [0.2, 0.25) is 0 Å². The highest BCUT2D eigenvalue weighted by Crippen LogP contribution is 2.34. The van der Waals surface area contributed by atoms with Crippen LogP contribution in [0.3, 0.4) is 0 Å². The van der Waals surface area contributed by atoms with Crippen molar-refractivity contribution in [3.05, 3.63) is 61.6 Å². The van der Waals surface area contributed by atoms with E-state index in [2.05, 4.69) is 15.9 Å². The molecule has 0 radical (unpaired) electrons. The molecular formula is C13H7BrClNO5. The molecule has 0 amide bonds. The van der Waals surface area contributed by atoms with Crippen molar-refractivity contribution in [3.63, 3.8) is 0 Å². The number of ether oxygens (including phenoxy) is 1. The third-order valence-electron chi connectivity index (χ3n) is 2.52. The second kappa shape index (κ2) is 6.11. The van der Waals surface area contributed by atoms with Crippen molar-refractivity contribution in [2.75, 3.05) is 0 Å². The molecule has 2 aromatic rings. The summed E-state index contributed by atoms with van der Waals surface area (Å²) in [6, 6.07) is 7.99. The minimum Gasteiger partial charge on any atom is -0.478 e. The van der Waals surface area contributed by atoms with Gasteiger partial charge in [-0.3, -0.25) is 10.1 Å². The van der Waals surface area contributed by atoms with Crippen LogP contribution in [0.15, 0.2) is 40.9 Å². The Morgan fingerprint density at radius 1 is 1.24 bits per heavy atom. The first kappa shape index (κ1) is 15.3. The standard InChI is InChI=1S/C13H7BrClNO5/c14-7-1-4-11(10(15)5-7)21-12-6-8(16(19)20)2-3-9(12)13(17)18/h1-6H,(H,17,18). The van der Waals surface area contributed by atoms with Crippen molar-refractivity contribution < 1.29 is 19.6 Å². The number of nitrogens with zero attached hydrogens (tertiary/aromatic N) is 1. The van der Waals surface area contributed by atoms with E-state index >= 15 is 0 Å². The first-order valence-electron chi connectivity index (χ1n) is 5.53. The Balaban J connectivity index is 2.48. The Morgan fingerprint density at radius 3 is 2.52 bits per heavy atom. The van der Waals surface area contributed by atoms with Gasteiger partial charge >= 0.3 is 5.97 Å². The maximum absolute atomic E-state index is 11.1. The second-order valence-electron chi connectivity index (χ2n) is 3.92. The summed E-state index contributed by atoms with van der Waals surface area (Å²) in [5, 5.41) is 20.1. The van der Waals surface area contributed by atoms with Crippen molar-refractivity contribution in [1.82, 2.24) is 0 Å². The van der Waals surface area contributed by atoms with Gasteiger partial charge in [0.1, 0.15) is 17.1 Å². The number of halogens is 2. The Bertz CT molecular complexity index is 734. The molecule has 21 heavy (non-hydrogen) atoms. The minimum atomic E-state index is -1.26. The zero-order valence-corrected chi connectivity index (χ0v) is 12.6. The van der Waals surface area contributed by atoms with E-state index in [0.717, 1.165) is 22.7 Å². The van der Waals surface area contributed by atoms with Crippen molar-refractivity contribution in [3.8, 4) is 11.5 Å². The van der Waals surface area contributed by atoms with Gasteiger partial charge in [0.05, 0.1) is 16.0 Å². The molecule has 0 aromatic heterocycles. The molecule has 0 aliphatic rings. The molecule has 2 rings (SSSR count). The van der Waals surface area contributed by atoms with E-state index in [-0.39, 0.29) is 27.8 Å². The number of aromatic carboxylic acids is 1. The van der Waals surface area contributed by atoms with E-state index in [1.54, 1.807) is 12.1 Å². The lowest BCUT2D eigenvalue weighted by atomic mass is 10.2. The van der Waals surface area contributed by atoms with Gasteiger partial charge in [-0.15, -0.1) is 0 Å². The monoisotopic (exact) mass is 371 g/mol. The lowest BCUT2D eigenvalue weighted by Gasteiger charge is -2.10. The van der Waals surface area contributed by atoms with Crippen molar-refractivity contribution >= 4 is 39.2 Å². The number of carbonyl (C=O) groups is 1. The first-order valence-corrected chi connectivity index (χ1v) is 6.70. The van der Waals surface area contributed by atoms with Crippen LogP contribution in [-0.4, -0.2) is 16.0 Å². The average molecular weight is 373 g/mol. The highest BCUT2D eigenvalue weighted by molar-refractivity contribution is 9.10. The molecule has 0 heterocycles. The largest absolute Gasteiger partial charge is 0.478 e. The topological polar surface area (TPSA) is 89.7 Å². The average Bonchev–Trinajstić information content (AvgIpc) is 2.41. The number of nitro groups is 1.